The van der Waals surface area contributed by atoms with Crippen molar-refractivity contribution in [3.8, 4) is 5.75 Å². The Morgan fingerprint density at radius 2 is 1.86 bits per heavy atom. The van der Waals surface area contributed by atoms with Crippen molar-refractivity contribution in [2.75, 3.05) is 19.0 Å². The van der Waals surface area contributed by atoms with Crippen molar-refractivity contribution >= 4 is 11.8 Å². The molecule has 0 bridgehead atoms. The lowest BCUT2D eigenvalue weighted by Gasteiger charge is -2.29. The Morgan fingerprint density at radius 1 is 1.21 bits per heavy atom. The second-order valence-electron chi connectivity index (χ2n) is 7.79. The fourth-order valence-corrected chi connectivity index (χ4v) is 4.01. The summed E-state index contributed by atoms with van der Waals surface area (Å²) in [5.74, 6) is 0.735. The molecule has 1 aliphatic heterocycles. The van der Waals surface area contributed by atoms with Crippen LogP contribution in [0.3, 0.4) is 0 Å². The van der Waals surface area contributed by atoms with Gasteiger partial charge in [-0.3, -0.25) is 5.32 Å². The molecule has 1 fully saturated rings. The number of amides is 1. The van der Waals surface area contributed by atoms with Crippen LogP contribution in [0.5, 0.6) is 5.75 Å². The lowest BCUT2D eigenvalue weighted by Crippen LogP contribution is -2.45. The van der Waals surface area contributed by atoms with E-state index in [9.17, 15) is 9.90 Å². The molecule has 0 aliphatic carbocycles. The molecule has 156 valence electrons. The van der Waals surface area contributed by atoms with Gasteiger partial charge in [-0.15, -0.1) is 0 Å². The van der Waals surface area contributed by atoms with Crippen LogP contribution in [-0.4, -0.2) is 42.7 Å². The number of benzene rings is 2. The molecule has 1 aliphatic rings. The van der Waals surface area contributed by atoms with Gasteiger partial charge in [0.25, 0.3) is 0 Å². The van der Waals surface area contributed by atoms with E-state index in [1.165, 1.54) is 0 Å². The summed E-state index contributed by atoms with van der Waals surface area (Å²) in [4.78, 5) is 12.5. The number of aliphatic hydroxyl groups is 1. The highest BCUT2D eigenvalue weighted by Gasteiger charge is 2.53. The summed E-state index contributed by atoms with van der Waals surface area (Å²) in [6.45, 7) is 5.61. The van der Waals surface area contributed by atoms with Gasteiger partial charge < -0.3 is 19.3 Å². The highest BCUT2D eigenvalue weighted by atomic mass is 16.6. The number of aliphatic hydroxyl groups excluding tert-OH is 1. The number of anilines is 1. The first-order valence-electron chi connectivity index (χ1n) is 9.83. The van der Waals surface area contributed by atoms with Crippen molar-refractivity contribution in [3.05, 3.63) is 60.2 Å². The quantitative estimate of drug-likeness (QED) is 0.761. The van der Waals surface area contributed by atoms with Gasteiger partial charge >= 0.3 is 6.09 Å². The van der Waals surface area contributed by atoms with Crippen LogP contribution < -0.4 is 10.1 Å². The number of ether oxygens (including phenoxy) is 3. The maximum absolute atomic E-state index is 12.5. The van der Waals surface area contributed by atoms with Crippen LogP contribution in [0.2, 0.25) is 0 Å². The number of nitrogens with one attached hydrogen (secondary N) is 1. The van der Waals surface area contributed by atoms with E-state index >= 15 is 0 Å². The second kappa shape index (κ2) is 8.84. The molecule has 29 heavy (non-hydrogen) atoms. The highest BCUT2D eigenvalue weighted by molar-refractivity contribution is 5.84. The fourth-order valence-electron chi connectivity index (χ4n) is 4.01. The highest BCUT2D eigenvalue weighted by Crippen LogP contribution is 2.43. The van der Waals surface area contributed by atoms with Crippen LogP contribution in [0.25, 0.3) is 0 Å². The van der Waals surface area contributed by atoms with E-state index in [4.69, 9.17) is 14.2 Å². The largest absolute Gasteiger partial charge is 0.497 e. The van der Waals surface area contributed by atoms with Crippen molar-refractivity contribution in [3.63, 3.8) is 0 Å². The monoisotopic (exact) mass is 399 g/mol. The van der Waals surface area contributed by atoms with E-state index in [0.29, 0.717) is 5.69 Å². The Bertz CT molecular complexity index is 810. The number of carbonyl (C=O) groups is 1. The smallest absolute Gasteiger partial charge is 0.412 e. The first kappa shape index (κ1) is 21.1. The normalized spacial score (nSPS) is 27.3. The Balaban J connectivity index is 1.74. The molecule has 0 unspecified atom stereocenters. The Labute approximate surface area is 171 Å². The Hall–Kier alpha value is -2.57. The molecule has 6 heteroatoms. The molecule has 2 aromatic rings. The molecule has 0 spiro atoms. The average Bonchev–Trinajstić information content (AvgIpc) is 2.99. The zero-order valence-electron chi connectivity index (χ0n) is 17.3. The molecule has 2 aromatic carbocycles. The number of hydrogen-bond donors (Lipinski definition) is 2. The molecule has 1 amide bonds. The van der Waals surface area contributed by atoms with Crippen molar-refractivity contribution in [2.24, 2.45) is 5.92 Å². The number of para-hydroxylation sites is 1. The molecule has 3 rings (SSSR count). The van der Waals surface area contributed by atoms with Gasteiger partial charge in [-0.05, 0) is 36.8 Å². The molecule has 0 saturated carbocycles. The summed E-state index contributed by atoms with van der Waals surface area (Å²) < 4.78 is 17.2. The standard InChI is InChI=1S/C23H29NO5/c1-15(17-10-12-19(27-4)13-11-17)20-16(2)21(23(3,14-25)29-20)28-22(26)24-18-8-6-5-7-9-18/h5-13,15-16,20-21,25H,14H2,1-4H3,(H,24,26)/t15-,16-,20+,21+,23+/m0/s1. The zero-order chi connectivity index (χ0) is 21.0. The minimum Gasteiger partial charge on any atom is -0.497 e. The molecule has 0 aromatic heterocycles. The lowest BCUT2D eigenvalue weighted by molar-refractivity contribution is -0.103. The summed E-state index contributed by atoms with van der Waals surface area (Å²) >= 11 is 0. The van der Waals surface area contributed by atoms with Crippen molar-refractivity contribution in [2.45, 2.75) is 44.5 Å². The minimum absolute atomic E-state index is 0.0487. The fraction of sp³-hybridized carbons (Fsp3) is 0.435. The Kier molecular flexibility index (Phi) is 6.45. The first-order valence-corrected chi connectivity index (χ1v) is 9.83. The van der Waals surface area contributed by atoms with E-state index < -0.39 is 17.8 Å². The predicted octanol–water partition coefficient (Wildman–Crippen LogP) is 4.20. The third kappa shape index (κ3) is 4.54. The average molecular weight is 399 g/mol. The molecule has 0 radical (unpaired) electrons. The van der Waals surface area contributed by atoms with Gasteiger partial charge in [0, 0.05) is 17.5 Å². The van der Waals surface area contributed by atoms with E-state index in [0.717, 1.165) is 11.3 Å². The molecule has 1 heterocycles. The van der Waals surface area contributed by atoms with Crippen molar-refractivity contribution in [1.29, 1.82) is 0 Å². The van der Waals surface area contributed by atoms with Crippen LogP contribution in [0.15, 0.2) is 54.6 Å². The topological polar surface area (TPSA) is 77.0 Å². The van der Waals surface area contributed by atoms with Gasteiger partial charge in [-0.1, -0.05) is 44.2 Å². The van der Waals surface area contributed by atoms with Crippen LogP contribution in [0, 0.1) is 5.92 Å². The molecular weight excluding hydrogens is 370 g/mol. The summed E-state index contributed by atoms with van der Waals surface area (Å²) in [6, 6.07) is 17.0. The predicted molar refractivity (Wildman–Crippen MR) is 111 cm³/mol. The van der Waals surface area contributed by atoms with E-state index in [-0.39, 0.29) is 24.5 Å². The minimum atomic E-state index is -0.973. The molecule has 6 nitrogen and oxygen atoms in total. The van der Waals surface area contributed by atoms with Crippen LogP contribution in [-0.2, 0) is 9.47 Å². The van der Waals surface area contributed by atoms with E-state index in [1.807, 2.05) is 49.4 Å². The summed E-state index contributed by atoms with van der Waals surface area (Å²) in [6.07, 6.45) is -1.36. The van der Waals surface area contributed by atoms with Crippen molar-refractivity contribution in [1.82, 2.24) is 0 Å². The maximum Gasteiger partial charge on any atom is 0.412 e. The van der Waals surface area contributed by atoms with Gasteiger partial charge in [0.05, 0.1) is 19.8 Å². The molecule has 1 saturated heterocycles. The number of carbonyl (C=O) groups excluding carboxylic acids is 1. The van der Waals surface area contributed by atoms with Crippen LogP contribution in [0.4, 0.5) is 10.5 Å². The summed E-state index contributed by atoms with van der Waals surface area (Å²) in [5, 5.41) is 12.7. The van der Waals surface area contributed by atoms with Crippen LogP contribution in [0.1, 0.15) is 32.3 Å². The van der Waals surface area contributed by atoms with Gasteiger partial charge in [0.15, 0.2) is 0 Å². The lowest BCUT2D eigenvalue weighted by atomic mass is 9.84. The summed E-state index contributed by atoms with van der Waals surface area (Å²) in [5.41, 5.74) is 0.772. The number of methoxy groups -OCH3 is 1. The number of hydrogen-bond acceptors (Lipinski definition) is 5. The van der Waals surface area contributed by atoms with Gasteiger partial charge in [0.1, 0.15) is 17.5 Å². The van der Waals surface area contributed by atoms with Gasteiger partial charge in [-0.2, -0.15) is 0 Å². The maximum atomic E-state index is 12.5. The van der Waals surface area contributed by atoms with Crippen molar-refractivity contribution < 1.29 is 24.1 Å². The van der Waals surface area contributed by atoms with Crippen LogP contribution >= 0.6 is 0 Å². The molecular formula is C23H29NO5. The first-order chi connectivity index (χ1) is 13.9. The SMILES string of the molecule is COc1ccc([C@H](C)[C@H]2O[C@](C)(CO)[C@H](OC(=O)Nc3ccccc3)[C@H]2C)cc1. The summed E-state index contributed by atoms with van der Waals surface area (Å²) in [7, 11) is 1.63. The molecule has 2 N–H and O–H groups in total. The zero-order valence-corrected chi connectivity index (χ0v) is 17.3. The van der Waals surface area contributed by atoms with E-state index in [1.54, 1.807) is 26.2 Å². The number of rotatable bonds is 6. The Morgan fingerprint density at radius 3 is 2.45 bits per heavy atom. The van der Waals surface area contributed by atoms with E-state index in [2.05, 4.69) is 12.2 Å². The third-order valence-electron chi connectivity index (χ3n) is 5.71. The van der Waals surface area contributed by atoms with Gasteiger partial charge in [0.2, 0.25) is 0 Å². The third-order valence-corrected chi connectivity index (χ3v) is 5.71. The second-order valence-corrected chi connectivity index (χ2v) is 7.79. The molecule has 5 atom stereocenters. The van der Waals surface area contributed by atoms with Gasteiger partial charge in [-0.25, -0.2) is 4.79 Å².